The van der Waals surface area contributed by atoms with Crippen LogP contribution in [0.25, 0.3) is 0 Å². The van der Waals surface area contributed by atoms with Gasteiger partial charge in [-0.25, -0.2) is 14.0 Å². The minimum atomic E-state index is -0.131. The van der Waals surface area contributed by atoms with Crippen molar-refractivity contribution in [3.05, 3.63) is 10.5 Å². The van der Waals surface area contributed by atoms with Crippen molar-refractivity contribution in [3.63, 3.8) is 0 Å². The largest absolute Gasteiger partial charge is 0.467 e. The first-order valence-corrected chi connectivity index (χ1v) is 3.88. The van der Waals surface area contributed by atoms with Crippen molar-refractivity contribution in [1.29, 1.82) is 0 Å². The summed E-state index contributed by atoms with van der Waals surface area (Å²) in [6.45, 7) is 2.65. The molecule has 12 heavy (non-hydrogen) atoms. The molecule has 0 radical (unpaired) electrons. The lowest BCUT2D eigenvalue weighted by molar-refractivity contribution is 0.351. The molecule has 0 unspecified atom stereocenters. The van der Waals surface area contributed by atoms with Crippen LogP contribution >= 0.6 is 0 Å². The minimum absolute atomic E-state index is 0.131. The van der Waals surface area contributed by atoms with Crippen molar-refractivity contribution < 1.29 is 4.74 Å². The minimum Gasteiger partial charge on any atom is -0.467 e. The first-order chi connectivity index (χ1) is 5.70. The molecule has 0 fully saturated rings. The third-order valence-electron chi connectivity index (χ3n) is 1.60. The maximum Gasteiger partial charge on any atom is 0.348 e. The Morgan fingerprint density at radius 3 is 2.75 bits per heavy atom. The van der Waals surface area contributed by atoms with E-state index in [1.54, 1.807) is 7.05 Å². The molecule has 0 aliphatic heterocycles. The summed E-state index contributed by atoms with van der Waals surface area (Å²) in [5.41, 5.74) is -0.131. The van der Waals surface area contributed by atoms with Gasteiger partial charge in [0, 0.05) is 13.6 Å². The molecule has 68 valence electrons. The third-order valence-corrected chi connectivity index (χ3v) is 1.60. The summed E-state index contributed by atoms with van der Waals surface area (Å²) in [6.07, 6.45) is 0.891. The summed E-state index contributed by atoms with van der Waals surface area (Å²) in [5, 5.41) is 3.89. The van der Waals surface area contributed by atoms with Crippen LogP contribution in [0, 0.1) is 0 Å². The molecule has 0 spiro atoms. The fraction of sp³-hybridized carbons (Fsp3) is 0.714. The summed E-state index contributed by atoms with van der Waals surface area (Å²) in [4.78, 5) is 11.3. The van der Waals surface area contributed by atoms with Gasteiger partial charge < -0.3 is 4.74 Å². The zero-order valence-electron chi connectivity index (χ0n) is 7.57. The van der Waals surface area contributed by atoms with Crippen LogP contribution in [0.4, 0.5) is 0 Å². The smallest absolute Gasteiger partial charge is 0.348 e. The molecule has 1 aromatic rings. The van der Waals surface area contributed by atoms with Crippen molar-refractivity contribution in [3.8, 4) is 6.01 Å². The number of rotatable bonds is 3. The van der Waals surface area contributed by atoms with Crippen LogP contribution in [-0.4, -0.2) is 21.5 Å². The lowest BCUT2D eigenvalue weighted by Crippen LogP contribution is -2.22. The van der Waals surface area contributed by atoms with Crippen LogP contribution in [0.15, 0.2) is 4.79 Å². The highest BCUT2D eigenvalue weighted by Gasteiger charge is 2.09. The number of aryl methyl sites for hydroxylation is 1. The molecule has 1 heterocycles. The van der Waals surface area contributed by atoms with Gasteiger partial charge in [-0.3, -0.25) is 0 Å². The van der Waals surface area contributed by atoms with Crippen LogP contribution in [0.5, 0.6) is 6.01 Å². The molecule has 0 saturated carbocycles. The van der Waals surface area contributed by atoms with Gasteiger partial charge in [0.1, 0.15) is 0 Å². The number of hydrogen-bond acceptors (Lipinski definition) is 3. The summed E-state index contributed by atoms with van der Waals surface area (Å²) in [7, 11) is 3.12. The van der Waals surface area contributed by atoms with Crippen LogP contribution < -0.4 is 10.4 Å². The van der Waals surface area contributed by atoms with Crippen molar-refractivity contribution in [2.75, 3.05) is 7.11 Å². The van der Waals surface area contributed by atoms with Gasteiger partial charge in [-0.2, -0.15) is 0 Å². The Bertz CT molecular complexity index is 313. The predicted octanol–water partition coefficient (Wildman–Crippen LogP) is 0.000400. The molecule has 0 N–H and O–H groups in total. The van der Waals surface area contributed by atoms with E-state index in [0.717, 1.165) is 6.42 Å². The molecule has 5 nitrogen and oxygen atoms in total. The molecule has 0 aromatic carbocycles. The van der Waals surface area contributed by atoms with E-state index >= 15 is 0 Å². The molecule has 1 rings (SSSR count). The second-order valence-electron chi connectivity index (χ2n) is 2.54. The Morgan fingerprint density at radius 1 is 1.58 bits per heavy atom. The summed E-state index contributed by atoms with van der Waals surface area (Å²) >= 11 is 0. The van der Waals surface area contributed by atoms with Gasteiger partial charge in [0.05, 0.1) is 7.11 Å². The molecular weight excluding hydrogens is 158 g/mol. The highest BCUT2D eigenvalue weighted by molar-refractivity contribution is 4.92. The number of nitrogens with zero attached hydrogens (tertiary/aromatic N) is 3. The van der Waals surface area contributed by atoms with Gasteiger partial charge in [-0.15, -0.1) is 5.10 Å². The maximum absolute atomic E-state index is 11.3. The van der Waals surface area contributed by atoms with E-state index in [-0.39, 0.29) is 5.69 Å². The molecule has 0 bridgehead atoms. The quantitative estimate of drug-likeness (QED) is 0.643. The van der Waals surface area contributed by atoms with Gasteiger partial charge in [0.2, 0.25) is 0 Å². The first-order valence-electron chi connectivity index (χ1n) is 3.88. The van der Waals surface area contributed by atoms with Crippen molar-refractivity contribution in [2.45, 2.75) is 19.9 Å². The SMILES string of the molecule is CCCn1c(OC)nn(C)c1=O. The van der Waals surface area contributed by atoms with E-state index in [9.17, 15) is 4.79 Å². The van der Waals surface area contributed by atoms with E-state index in [4.69, 9.17) is 4.74 Å². The van der Waals surface area contributed by atoms with E-state index in [0.29, 0.717) is 12.6 Å². The maximum atomic E-state index is 11.3. The zero-order chi connectivity index (χ0) is 9.14. The van der Waals surface area contributed by atoms with Crippen molar-refractivity contribution in [1.82, 2.24) is 14.3 Å². The second kappa shape index (κ2) is 3.42. The summed E-state index contributed by atoms with van der Waals surface area (Å²) < 4.78 is 7.72. The zero-order valence-corrected chi connectivity index (χ0v) is 7.57. The van der Waals surface area contributed by atoms with Gasteiger partial charge >= 0.3 is 11.7 Å². The molecular formula is C7H13N3O2. The van der Waals surface area contributed by atoms with Gasteiger partial charge in [-0.1, -0.05) is 6.92 Å². The fourth-order valence-corrected chi connectivity index (χ4v) is 1.05. The van der Waals surface area contributed by atoms with E-state index in [1.165, 1.54) is 16.4 Å². The molecule has 5 heteroatoms. The predicted molar refractivity (Wildman–Crippen MR) is 44.3 cm³/mol. The Morgan fingerprint density at radius 2 is 2.25 bits per heavy atom. The summed E-state index contributed by atoms with van der Waals surface area (Å²) in [6, 6.07) is 0.379. The third kappa shape index (κ3) is 1.34. The first kappa shape index (κ1) is 8.83. The van der Waals surface area contributed by atoms with E-state index in [2.05, 4.69) is 5.10 Å². The standard InChI is InChI=1S/C7H13N3O2/c1-4-5-10-6(12-3)8-9(2)7(10)11/h4-5H2,1-3H3. The number of hydrogen-bond donors (Lipinski definition) is 0. The Kier molecular flexibility index (Phi) is 2.52. The Labute approximate surface area is 70.6 Å². The summed E-state index contributed by atoms with van der Waals surface area (Å²) in [5.74, 6) is 0. The van der Waals surface area contributed by atoms with Crippen LogP contribution in [0.3, 0.4) is 0 Å². The Balaban J connectivity index is 3.12. The van der Waals surface area contributed by atoms with E-state index < -0.39 is 0 Å². The van der Waals surface area contributed by atoms with E-state index in [1.807, 2.05) is 6.92 Å². The average molecular weight is 171 g/mol. The van der Waals surface area contributed by atoms with Crippen LogP contribution in [0.1, 0.15) is 13.3 Å². The lowest BCUT2D eigenvalue weighted by atomic mass is 10.5. The monoisotopic (exact) mass is 171 g/mol. The lowest BCUT2D eigenvalue weighted by Gasteiger charge is -1.99. The van der Waals surface area contributed by atoms with Crippen molar-refractivity contribution in [2.24, 2.45) is 7.05 Å². The number of aromatic nitrogens is 3. The molecule has 0 amide bonds. The number of ether oxygens (including phenoxy) is 1. The normalized spacial score (nSPS) is 10.2. The van der Waals surface area contributed by atoms with Gasteiger partial charge in [0.15, 0.2) is 0 Å². The van der Waals surface area contributed by atoms with Crippen molar-refractivity contribution >= 4 is 0 Å². The Hall–Kier alpha value is -1.26. The van der Waals surface area contributed by atoms with Gasteiger partial charge in [0.25, 0.3) is 0 Å². The molecule has 0 aliphatic carbocycles. The van der Waals surface area contributed by atoms with Crippen LogP contribution in [-0.2, 0) is 13.6 Å². The highest BCUT2D eigenvalue weighted by Crippen LogP contribution is 2.01. The van der Waals surface area contributed by atoms with Crippen LogP contribution in [0.2, 0.25) is 0 Å². The molecule has 0 saturated heterocycles. The number of methoxy groups -OCH3 is 1. The molecule has 0 aliphatic rings. The molecule has 0 atom stereocenters. The highest BCUT2D eigenvalue weighted by atomic mass is 16.5. The topological polar surface area (TPSA) is 49.0 Å². The average Bonchev–Trinajstić information content (AvgIpc) is 2.33. The second-order valence-corrected chi connectivity index (χ2v) is 2.54. The molecule has 1 aromatic heterocycles. The fourth-order valence-electron chi connectivity index (χ4n) is 1.05. The van der Waals surface area contributed by atoms with Gasteiger partial charge in [-0.05, 0) is 6.42 Å².